The first-order valence-corrected chi connectivity index (χ1v) is 14.7. The summed E-state index contributed by atoms with van der Waals surface area (Å²) < 4.78 is 31.5. The predicted octanol–water partition coefficient (Wildman–Crippen LogP) is 5.75. The van der Waals surface area contributed by atoms with Gasteiger partial charge < -0.3 is 9.53 Å². The molecule has 2 rings (SSSR count). The van der Waals surface area contributed by atoms with Crippen molar-refractivity contribution >= 4 is 21.6 Å². The second kappa shape index (κ2) is 9.15. The number of aromatic hydroxyl groups is 1. The van der Waals surface area contributed by atoms with Crippen molar-refractivity contribution < 1.29 is 18.3 Å². The summed E-state index contributed by atoms with van der Waals surface area (Å²) in [4.78, 5) is 0. The Kier molecular flexibility index (Phi) is 8.54. The Labute approximate surface area is 152 Å². The smallest absolute Gasteiger partial charge is 0.242 e. The van der Waals surface area contributed by atoms with Gasteiger partial charge in [-0.3, -0.25) is 0 Å². The Hall–Kier alpha value is -1.67. The maximum Gasteiger partial charge on any atom is 0.242 e. The van der Waals surface area contributed by atoms with Crippen molar-refractivity contribution in [2.75, 3.05) is 0 Å². The van der Waals surface area contributed by atoms with E-state index in [9.17, 15) is 13.9 Å². The zero-order chi connectivity index (χ0) is 18.5. The number of halogens is 2. The SMILES string of the molecule is C.C[Si](C)(C)Oc1cccc(F)c1.C[Si](C)(C)c1c(O)cccc1F. The molecular weight excluding hydrogens is 354 g/mol. The Balaban J connectivity index is 0.000000443. The van der Waals surface area contributed by atoms with Crippen molar-refractivity contribution in [3.63, 3.8) is 0 Å². The first-order valence-electron chi connectivity index (χ1n) is 7.83. The van der Waals surface area contributed by atoms with Crippen LogP contribution < -0.4 is 9.61 Å². The highest BCUT2D eigenvalue weighted by Gasteiger charge is 2.23. The first-order chi connectivity index (χ1) is 10.9. The molecule has 0 radical (unpaired) electrons. The Bertz CT molecular complexity index is 658. The molecule has 2 aromatic carbocycles. The van der Waals surface area contributed by atoms with E-state index in [1.807, 2.05) is 19.6 Å². The van der Waals surface area contributed by atoms with Gasteiger partial charge in [0.1, 0.15) is 23.1 Å². The molecule has 0 saturated carbocycles. The van der Waals surface area contributed by atoms with E-state index in [0.717, 1.165) is 0 Å². The van der Waals surface area contributed by atoms with E-state index in [-0.39, 0.29) is 24.8 Å². The van der Waals surface area contributed by atoms with Gasteiger partial charge >= 0.3 is 0 Å². The van der Waals surface area contributed by atoms with Crippen LogP contribution in [0, 0.1) is 11.6 Å². The summed E-state index contributed by atoms with van der Waals surface area (Å²) in [5, 5.41) is 9.94. The summed E-state index contributed by atoms with van der Waals surface area (Å²) in [6.45, 7) is 12.2. The number of hydrogen-bond acceptors (Lipinski definition) is 2. The molecule has 140 valence electrons. The van der Waals surface area contributed by atoms with Crippen LogP contribution in [-0.2, 0) is 0 Å². The Morgan fingerprint density at radius 1 is 0.880 bits per heavy atom. The zero-order valence-electron chi connectivity index (χ0n) is 15.2. The molecule has 0 aliphatic rings. The molecule has 2 aromatic rings. The first kappa shape index (κ1) is 23.3. The minimum Gasteiger partial charge on any atom is -0.544 e. The van der Waals surface area contributed by atoms with Gasteiger partial charge in [0.2, 0.25) is 8.32 Å². The molecule has 0 bridgehead atoms. The molecule has 0 spiro atoms. The lowest BCUT2D eigenvalue weighted by molar-refractivity contribution is 0.474. The van der Waals surface area contributed by atoms with Gasteiger partial charge in [0, 0.05) is 11.3 Å². The van der Waals surface area contributed by atoms with Crippen LogP contribution in [-0.4, -0.2) is 21.5 Å². The van der Waals surface area contributed by atoms with Crippen LogP contribution in [0.1, 0.15) is 7.43 Å². The van der Waals surface area contributed by atoms with Gasteiger partial charge in [0.15, 0.2) is 0 Å². The Morgan fingerprint density at radius 2 is 1.44 bits per heavy atom. The van der Waals surface area contributed by atoms with Gasteiger partial charge in [-0.05, 0) is 43.9 Å². The Morgan fingerprint density at radius 3 is 1.84 bits per heavy atom. The number of phenolic OH excluding ortho intramolecular Hbond substituents is 1. The lowest BCUT2D eigenvalue weighted by atomic mass is 10.3. The third kappa shape index (κ3) is 8.31. The van der Waals surface area contributed by atoms with Crippen molar-refractivity contribution in [2.45, 2.75) is 46.7 Å². The minimum absolute atomic E-state index is 0. The van der Waals surface area contributed by atoms with Gasteiger partial charge in [-0.15, -0.1) is 0 Å². The van der Waals surface area contributed by atoms with Crippen molar-refractivity contribution in [3.8, 4) is 11.5 Å². The third-order valence-electron chi connectivity index (χ3n) is 2.96. The molecule has 25 heavy (non-hydrogen) atoms. The van der Waals surface area contributed by atoms with Gasteiger partial charge in [0.05, 0.1) is 8.07 Å². The minimum atomic E-state index is -1.75. The molecule has 0 aromatic heterocycles. The fraction of sp³-hybridized carbons (Fsp3) is 0.368. The van der Waals surface area contributed by atoms with Crippen molar-refractivity contribution in [3.05, 3.63) is 54.1 Å². The summed E-state index contributed by atoms with van der Waals surface area (Å²) in [5.74, 6) is 0.197. The maximum atomic E-state index is 13.2. The summed E-state index contributed by atoms with van der Waals surface area (Å²) in [6.07, 6.45) is 0. The van der Waals surface area contributed by atoms with Crippen molar-refractivity contribution in [2.24, 2.45) is 0 Å². The monoisotopic (exact) mass is 384 g/mol. The molecule has 0 atom stereocenters. The maximum absolute atomic E-state index is 13.2. The second-order valence-corrected chi connectivity index (χ2v) is 17.0. The second-order valence-electron chi connectivity index (χ2n) is 7.56. The molecule has 0 heterocycles. The van der Waals surface area contributed by atoms with Crippen LogP contribution >= 0.6 is 0 Å². The summed E-state index contributed by atoms with van der Waals surface area (Å²) in [5.41, 5.74) is 0. The fourth-order valence-corrected chi connectivity index (χ4v) is 4.62. The van der Waals surface area contributed by atoms with Crippen LogP contribution in [0.25, 0.3) is 0 Å². The number of rotatable bonds is 3. The molecule has 0 unspecified atom stereocenters. The third-order valence-corrected chi connectivity index (χ3v) is 5.80. The predicted molar refractivity (Wildman–Crippen MR) is 108 cm³/mol. The van der Waals surface area contributed by atoms with Crippen LogP contribution in [0.4, 0.5) is 8.78 Å². The van der Waals surface area contributed by atoms with E-state index in [2.05, 4.69) is 19.6 Å². The standard InChI is InChI=1S/2C9H13FOSi.CH4/c1-12(2,3)11-9-6-4-5-8(10)7-9;1-12(2,3)9-7(10)5-4-6-8(9)11;/h4-7H,1-3H3;4-6,11H,1-3H3;1H4. The fourth-order valence-electron chi connectivity index (χ4n) is 2.14. The van der Waals surface area contributed by atoms with Gasteiger partial charge in [-0.25, -0.2) is 8.78 Å². The lowest BCUT2D eigenvalue weighted by Gasteiger charge is -2.18. The van der Waals surface area contributed by atoms with E-state index in [1.165, 1.54) is 30.3 Å². The lowest BCUT2D eigenvalue weighted by Crippen LogP contribution is -2.40. The highest BCUT2D eigenvalue weighted by molar-refractivity contribution is 6.89. The van der Waals surface area contributed by atoms with Gasteiger partial charge in [-0.2, -0.15) is 0 Å². The van der Waals surface area contributed by atoms with Crippen LogP contribution in [0.5, 0.6) is 11.5 Å². The van der Waals surface area contributed by atoms with Gasteiger partial charge in [0.25, 0.3) is 0 Å². The molecule has 0 fully saturated rings. The van der Waals surface area contributed by atoms with Crippen molar-refractivity contribution in [1.82, 2.24) is 0 Å². The average Bonchev–Trinajstić information content (AvgIpc) is 2.35. The molecule has 6 heteroatoms. The highest BCUT2D eigenvalue weighted by atomic mass is 28.4. The zero-order valence-corrected chi connectivity index (χ0v) is 17.2. The highest BCUT2D eigenvalue weighted by Crippen LogP contribution is 2.16. The van der Waals surface area contributed by atoms with Crippen molar-refractivity contribution in [1.29, 1.82) is 0 Å². The average molecular weight is 385 g/mol. The van der Waals surface area contributed by atoms with E-state index < -0.39 is 16.4 Å². The normalized spacial score (nSPS) is 11.0. The molecular formula is C19H30F2O2Si2. The van der Waals surface area contributed by atoms with E-state index in [4.69, 9.17) is 4.43 Å². The summed E-state index contributed by atoms with van der Waals surface area (Å²) in [7, 11) is -3.34. The summed E-state index contributed by atoms with van der Waals surface area (Å²) >= 11 is 0. The molecule has 2 nitrogen and oxygen atoms in total. The quantitative estimate of drug-likeness (QED) is 0.683. The van der Waals surface area contributed by atoms with E-state index >= 15 is 0 Å². The van der Waals surface area contributed by atoms with E-state index in [1.54, 1.807) is 12.1 Å². The molecule has 0 aliphatic heterocycles. The molecule has 1 N–H and O–H groups in total. The van der Waals surface area contributed by atoms with Crippen LogP contribution in [0.15, 0.2) is 42.5 Å². The largest absolute Gasteiger partial charge is 0.544 e. The van der Waals surface area contributed by atoms with Crippen LogP contribution in [0.3, 0.4) is 0 Å². The number of phenols is 1. The molecule has 0 aliphatic carbocycles. The van der Waals surface area contributed by atoms with E-state index in [0.29, 0.717) is 10.9 Å². The topological polar surface area (TPSA) is 29.5 Å². The van der Waals surface area contributed by atoms with Crippen LogP contribution in [0.2, 0.25) is 39.3 Å². The number of benzene rings is 2. The number of hydrogen-bond donors (Lipinski definition) is 1. The molecule has 0 saturated heterocycles. The van der Waals surface area contributed by atoms with Gasteiger partial charge in [-0.1, -0.05) is 39.2 Å². The molecule has 0 amide bonds. The summed E-state index contributed by atoms with van der Waals surface area (Å²) in [6, 6.07) is 10.7.